The van der Waals surface area contributed by atoms with Crippen molar-refractivity contribution in [2.75, 3.05) is 20.3 Å². The fourth-order valence-electron chi connectivity index (χ4n) is 2.91. The summed E-state index contributed by atoms with van der Waals surface area (Å²) in [6.45, 7) is 3.74. The van der Waals surface area contributed by atoms with Gasteiger partial charge in [0.2, 0.25) is 5.91 Å². The van der Waals surface area contributed by atoms with Gasteiger partial charge in [-0.1, -0.05) is 25.0 Å². The van der Waals surface area contributed by atoms with Gasteiger partial charge in [0.15, 0.2) is 0 Å². The second-order valence-corrected chi connectivity index (χ2v) is 6.35. The number of carbonyl (C=O) groups excluding carboxylic acids is 1. The molecule has 0 unspecified atom stereocenters. The van der Waals surface area contributed by atoms with Crippen molar-refractivity contribution in [3.63, 3.8) is 0 Å². The second-order valence-electron chi connectivity index (χ2n) is 6.35. The van der Waals surface area contributed by atoms with Crippen LogP contribution < -0.4 is 15.8 Å². The van der Waals surface area contributed by atoms with Crippen molar-refractivity contribution in [2.24, 2.45) is 5.73 Å². The van der Waals surface area contributed by atoms with E-state index in [1.54, 1.807) is 7.11 Å². The summed E-state index contributed by atoms with van der Waals surface area (Å²) in [7, 11) is 1.68. The van der Waals surface area contributed by atoms with E-state index in [9.17, 15) is 4.79 Å². The number of nitrogens with two attached hydrogens (primary N) is 1. The van der Waals surface area contributed by atoms with Crippen LogP contribution in [0.25, 0.3) is 0 Å². The Morgan fingerprint density at radius 1 is 1.29 bits per heavy atom. The number of nitrogens with one attached hydrogen (secondary N) is 1. The van der Waals surface area contributed by atoms with Gasteiger partial charge in [-0.15, -0.1) is 12.4 Å². The molecule has 3 N–H and O–H groups in total. The predicted molar refractivity (Wildman–Crippen MR) is 97.6 cm³/mol. The fourth-order valence-corrected chi connectivity index (χ4v) is 2.91. The van der Waals surface area contributed by atoms with Crippen LogP contribution in [0, 0.1) is 6.92 Å². The van der Waals surface area contributed by atoms with E-state index in [1.807, 2.05) is 25.1 Å². The lowest BCUT2D eigenvalue weighted by Gasteiger charge is -2.22. The van der Waals surface area contributed by atoms with E-state index in [0.29, 0.717) is 19.8 Å². The maximum Gasteiger partial charge on any atom is 0.240 e. The van der Waals surface area contributed by atoms with Crippen molar-refractivity contribution in [3.05, 3.63) is 29.3 Å². The van der Waals surface area contributed by atoms with E-state index in [2.05, 4.69) is 5.32 Å². The average molecular weight is 357 g/mol. The smallest absolute Gasteiger partial charge is 0.240 e. The number of amides is 1. The van der Waals surface area contributed by atoms with Gasteiger partial charge in [-0.25, -0.2) is 0 Å². The Morgan fingerprint density at radius 2 is 2.00 bits per heavy atom. The van der Waals surface area contributed by atoms with Gasteiger partial charge in [0, 0.05) is 32.2 Å². The highest BCUT2D eigenvalue weighted by molar-refractivity contribution is 5.86. The zero-order valence-corrected chi connectivity index (χ0v) is 15.4. The number of rotatable bonds is 8. The van der Waals surface area contributed by atoms with Crippen LogP contribution in [0.15, 0.2) is 18.2 Å². The molecule has 24 heavy (non-hydrogen) atoms. The van der Waals surface area contributed by atoms with Gasteiger partial charge in [0.25, 0.3) is 0 Å². The lowest BCUT2D eigenvalue weighted by atomic mass is 9.98. The highest BCUT2D eigenvalue weighted by atomic mass is 35.5. The van der Waals surface area contributed by atoms with Crippen LogP contribution in [0.5, 0.6) is 5.75 Å². The zero-order valence-electron chi connectivity index (χ0n) is 14.6. The van der Waals surface area contributed by atoms with E-state index >= 15 is 0 Å². The molecule has 1 aromatic carbocycles. The van der Waals surface area contributed by atoms with E-state index in [-0.39, 0.29) is 18.3 Å². The minimum Gasteiger partial charge on any atom is -0.493 e. The maximum absolute atomic E-state index is 12.3. The van der Waals surface area contributed by atoms with Crippen LogP contribution in [0.4, 0.5) is 0 Å². The molecule has 0 aromatic heterocycles. The largest absolute Gasteiger partial charge is 0.493 e. The molecular formula is C18H29ClN2O3. The Morgan fingerprint density at radius 3 is 2.67 bits per heavy atom. The molecule has 1 aromatic rings. The number of ether oxygens (including phenoxy) is 2. The first-order chi connectivity index (χ1) is 11.0. The van der Waals surface area contributed by atoms with Gasteiger partial charge >= 0.3 is 0 Å². The van der Waals surface area contributed by atoms with E-state index in [1.165, 1.54) is 0 Å². The zero-order chi connectivity index (χ0) is 16.7. The molecule has 0 heterocycles. The predicted octanol–water partition coefficient (Wildman–Crippen LogP) is 2.72. The average Bonchev–Trinajstić information content (AvgIpc) is 2.98. The van der Waals surface area contributed by atoms with Crippen molar-refractivity contribution in [1.82, 2.24) is 5.32 Å². The van der Waals surface area contributed by atoms with Gasteiger partial charge in [-0.2, -0.15) is 0 Å². The third-order valence-corrected chi connectivity index (χ3v) is 4.36. The number of aryl methyl sites for hydroxylation is 1. The number of carbonyl (C=O) groups is 1. The van der Waals surface area contributed by atoms with Crippen LogP contribution in [-0.4, -0.2) is 31.8 Å². The summed E-state index contributed by atoms with van der Waals surface area (Å²) in [5.74, 6) is 0.764. The molecular weight excluding hydrogens is 328 g/mol. The molecule has 0 atom stereocenters. The van der Waals surface area contributed by atoms with E-state index in [4.69, 9.17) is 15.2 Å². The normalized spacial score (nSPS) is 15.6. The summed E-state index contributed by atoms with van der Waals surface area (Å²) in [6, 6.07) is 6.03. The summed E-state index contributed by atoms with van der Waals surface area (Å²) in [5.41, 5.74) is 7.60. The molecule has 1 saturated carbocycles. The first kappa shape index (κ1) is 20.7. The molecule has 0 aliphatic heterocycles. The molecule has 1 aliphatic carbocycles. The van der Waals surface area contributed by atoms with Crippen molar-refractivity contribution in [1.29, 1.82) is 0 Å². The van der Waals surface area contributed by atoms with Crippen LogP contribution in [0.2, 0.25) is 0 Å². The highest BCUT2D eigenvalue weighted by Crippen LogP contribution is 2.27. The molecule has 5 nitrogen and oxygen atoms in total. The Labute approximate surface area is 150 Å². The number of halogens is 1. The molecule has 0 radical (unpaired) electrons. The van der Waals surface area contributed by atoms with Crippen molar-refractivity contribution in [3.8, 4) is 5.75 Å². The number of benzene rings is 1. The Kier molecular flexibility index (Phi) is 8.53. The number of hydrogen-bond acceptors (Lipinski definition) is 4. The minimum absolute atomic E-state index is 0. The molecule has 0 bridgehead atoms. The monoisotopic (exact) mass is 356 g/mol. The maximum atomic E-state index is 12.3. The van der Waals surface area contributed by atoms with E-state index < -0.39 is 5.54 Å². The van der Waals surface area contributed by atoms with Crippen LogP contribution >= 0.6 is 12.4 Å². The molecule has 1 amide bonds. The van der Waals surface area contributed by atoms with Gasteiger partial charge in [0.1, 0.15) is 5.75 Å². The fraction of sp³-hybridized carbons (Fsp3) is 0.611. The lowest BCUT2D eigenvalue weighted by molar-refractivity contribution is -0.126. The van der Waals surface area contributed by atoms with Crippen LogP contribution in [-0.2, 0) is 16.1 Å². The first-order valence-corrected chi connectivity index (χ1v) is 8.33. The number of hydrogen-bond donors (Lipinski definition) is 2. The lowest BCUT2D eigenvalue weighted by Crippen LogP contribution is -2.51. The second kappa shape index (κ2) is 9.87. The quantitative estimate of drug-likeness (QED) is 0.702. The van der Waals surface area contributed by atoms with Crippen molar-refractivity contribution in [2.45, 2.75) is 51.1 Å². The molecule has 1 fully saturated rings. The van der Waals surface area contributed by atoms with Crippen molar-refractivity contribution < 1.29 is 14.3 Å². The van der Waals surface area contributed by atoms with Gasteiger partial charge < -0.3 is 20.5 Å². The van der Waals surface area contributed by atoms with Gasteiger partial charge in [-0.05, 0) is 31.4 Å². The highest BCUT2D eigenvalue weighted by Gasteiger charge is 2.36. The molecule has 136 valence electrons. The molecule has 2 rings (SSSR count). The van der Waals surface area contributed by atoms with E-state index in [0.717, 1.165) is 49.0 Å². The van der Waals surface area contributed by atoms with Crippen molar-refractivity contribution >= 4 is 18.3 Å². The molecule has 6 heteroatoms. The Balaban J connectivity index is 0.00000288. The SMILES string of the molecule is COCCCOc1cc(C)ccc1CNC(=O)C1(N)CCCC1.Cl. The summed E-state index contributed by atoms with van der Waals surface area (Å²) >= 11 is 0. The topological polar surface area (TPSA) is 73.6 Å². The standard InChI is InChI=1S/C18H28N2O3.ClH/c1-14-6-7-15(16(12-14)23-11-5-10-22-2)13-20-17(21)18(19)8-3-4-9-18;/h6-7,12H,3-5,8-11,13,19H2,1-2H3,(H,20,21);1H. The van der Waals surface area contributed by atoms with Gasteiger partial charge in [0.05, 0.1) is 12.1 Å². The van der Waals surface area contributed by atoms with Gasteiger partial charge in [-0.3, -0.25) is 4.79 Å². The molecule has 0 spiro atoms. The summed E-state index contributed by atoms with van der Waals surface area (Å²) in [6.07, 6.45) is 4.44. The van der Waals surface area contributed by atoms with Crippen LogP contribution in [0.3, 0.4) is 0 Å². The number of methoxy groups -OCH3 is 1. The summed E-state index contributed by atoms with van der Waals surface area (Å²) in [5, 5.41) is 2.97. The molecule has 1 aliphatic rings. The molecule has 0 saturated heterocycles. The summed E-state index contributed by atoms with van der Waals surface area (Å²) in [4.78, 5) is 12.3. The Hall–Kier alpha value is -1.30. The minimum atomic E-state index is -0.690. The van der Waals surface area contributed by atoms with Crippen LogP contribution in [0.1, 0.15) is 43.2 Å². The third kappa shape index (κ3) is 5.65. The Bertz CT molecular complexity index is 531. The first-order valence-electron chi connectivity index (χ1n) is 8.33. The third-order valence-electron chi connectivity index (χ3n) is 4.36. The summed E-state index contributed by atoms with van der Waals surface area (Å²) < 4.78 is 10.9.